The minimum atomic E-state index is -4.62. The number of ether oxygens (including phenoxy) is 3. The van der Waals surface area contributed by atoms with Crippen molar-refractivity contribution in [1.29, 1.82) is 0 Å². The molecule has 13 heteroatoms. The first kappa shape index (κ1) is 64.5. The maximum atomic E-state index is 12.8. The predicted octanol–water partition coefficient (Wildman–Crippen LogP) is 14.0. The Balaban J connectivity index is 0. The van der Waals surface area contributed by atoms with Gasteiger partial charge in [0.1, 0.15) is 6.61 Å². The molecule has 0 fully saturated rings. The first-order chi connectivity index (χ1) is 30.6. The van der Waals surface area contributed by atoms with E-state index in [2.05, 4.69) is 19.2 Å². The van der Waals surface area contributed by atoms with Crippen LogP contribution < -0.4 is 11.1 Å². The molecule has 2 unspecified atom stereocenters. The second-order valence-corrected chi connectivity index (χ2v) is 20.5. The van der Waals surface area contributed by atoms with Crippen LogP contribution in [0, 0.1) is 5.41 Å². The number of esters is 2. The highest BCUT2D eigenvalue weighted by atomic mass is 31.2. The standard InChI is InChI=1S/C49H97N2O10P.C2H6/c1-7-9-11-13-15-17-19-21-23-25-27-29-31-33-35-37-45(52)57-41-44(42-60-62(55,56)59-40-39-51-47(54)49(6,50)58-43-48(3,4)5)61-46(53)38-36-34-32-30-28-26-24-22-20-18-16-14-12-10-8-2;1-2/h44H,7-43,50H2,1-6H3,(H,51,54)(H,55,56);1-2H3/t44-,49?;/m1./s1. The van der Waals surface area contributed by atoms with E-state index in [-0.39, 0.29) is 44.6 Å². The third-order valence-corrected chi connectivity index (χ3v) is 12.0. The third-order valence-electron chi connectivity index (χ3n) is 11.0. The molecule has 3 atom stereocenters. The maximum absolute atomic E-state index is 12.8. The predicted molar refractivity (Wildman–Crippen MR) is 264 cm³/mol. The van der Waals surface area contributed by atoms with Crippen LogP contribution in [0.2, 0.25) is 0 Å². The molecule has 0 aromatic rings. The Morgan fingerprint density at radius 1 is 0.562 bits per heavy atom. The quantitative estimate of drug-likeness (QED) is 0.0230. The lowest BCUT2D eigenvalue weighted by molar-refractivity contribution is -0.161. The molecule has 0 aliphatic heterocycles. The van der Waals surface area contributed by atoms with Gasteiger partial charge in [0.15, 0.2) is 11.8 Å². The number of nitrogens with two attached hydrogens (primary N) is 1. The number of phosphoric acid groups is 1. The molecule has 0 heterocycles. The fourth-order valence-electron chi connectivity index (χ4n) is 7.05. The highest BCUT2D eigenvalue weighted by Gasteiger charge is 2.31. The summed E-state index contributed by atoms with van der Waals surface area (Å²) in [7, 11) is -4.62. The summed E-state index contributed by atoms with van der Waals surface area (Å²) in [6.45, 7) is 14.7. The molecule has 382 valence electrons. The summed E-state index contributed by atoms with van der Waals surface area (Å²) >= 11 is 0. The molecule has 64 heavy (non-hydrogen) atoms. The largest absolute Gasteiger partial charge is 0.472 e. The molecule has 0 bridgehead atoms. The average Bonchev–Trinajstić information content (AvgIpc) is 3.25. The van der Waals surface area contributed by atoms with Gasteiger partial charge in [-0.15, -0.1) is 0 Å². The Bertz CT molecular complexity index is 1130. The van der Waals surface area contributed by atoms with Gasteiger partial charge >= 0.3 is 19.8 Å². The number of rotatable bonds is 45. The molecule has 0 rings (SSSR count). The van der Waals surface area contributed by atoms with Crippen molar-refractivity contribution in [3.8, 4) is 0 Å². The first-order valence-electron chi connectivity index (χ1n) is 26.3. The van der Waals surface area contributed by atoms with E-state index in [9.17, 15) is 23.8 Å². The summed E-state index contributed by atoms with van der Waals surface area (Å²) in [6, 6.07) is 0. The lowest BCUT2D eigenvalue weighted by Crippen LogP contribution is -2.55. The molecule has 0 saturated heterocycles. The van der Waals surface area contributed by atoms with Crippen LogP contribution in [0.1, 0.15) is 261 Å². The Hall–Kier alpha value is -1.56. The minimum absolute atomic E-state index is 0.132. The number of carbonyl (C=O) groups excluding carboxylic acids is 3. The summed E-state index contributed by atoms with van der Waals surface area (Å²) in [6.07, 6.45) is 36.1. The molecule has 0 aromatic carbocycles. The van der Waals surface area contributed by atoms with E-state index in [1.54, 1.807) is 0 Å². The first-order valence-corrected chi connectivity index (χ1v) is 27.8. The number of hydrogen-bond donors (Lipinski definition) is 3. The van der Waals surface area contributed by atoms with Crippen LogP contribution in [0.25, 0.3) is 0 Å². The molecular formula is C51H103N2O10P. The maximum Gasteiger partial charge on any atom is 0.472 e. The monoisotopic (exact) mass is 935 g/mol. The van der Waals surface area contributed by atoms with Gasteiger partial charge in [-0.3, -0.25) is 29.2 Å². The molecular weight excluding hydrogens is 832 g/mol. The molecule has 4 N–H and O–H groups in total. The second-order valence-electron chi connectivity index (χ2n) is 19.0. The number of hydrogen-bond acceptors (Lipinski definition) is 10. The molecule has 0 aliphatic rings. The van der Waals surface area contributed by atoms with E-state index >= 15 is 0 Å². The zero-order valence-corrected chi connectivity index (χ0v) is 43.8. The van der Waals surface area contributed by atoms with E-state index in [1.807, 2.05) is 34.6 Å². The van der Waals surface area contributed by atoms with Crippen LogP contribution in [0.15, 0.2) is 0 Å². The highest BCUT2D eigenvalue weighted by molar-refractivity contribution is 7.47. The van der Waals surface area contributed by atoms with Gasteiger partial charge in [0.25, 0.3) is 5.91 Å². The summed E-state index contributed by atoms with van der Waals surface area (Å²) in [5.74, 6) is -1.51. The van der Waals surface area contributed by atoms with Gasteiger partial charge in [-0.05, 0) is 25.2 Å². The van der Waals surface area contributed by atoms with Crippen molar-refractivity contribution in [2.24, 2.45) is 11.1 Å². The van der Waals surface area contributed by atoms with Gasteiger partial charge in [0.2, 0.25) is 0 Å². The molecule has 0 spiro atoms. The van der Waals surface area contributed by atoms with Gasteiger partial charge in [-0.25, -0.2) is 4.57 Å². The number of nitrogens with one attached hydrogen (secondary N) is 1. The van der Waals surface area contributed by atoms with Gasteiger partial charge in [0, 0.05) is 19.4 Å². The van der Waals surface area contributed by atoms with Gasteiger partial charge in [-0.2, -0.15) is 0 Å². The Labute approximate surface area is 393 Å². The lowest BCUT2D eigenvalue weighted by atomic mass is 9.98. The second kappa shape index (κ2) is 44.0. The molecule has 12 nitrogen and oxygen atoms in total. The summed E-state index contributed by atoms with van der Waals surface area (Å²) in [5.41, 5.74) is 4.20. The van der Waals surface area contributed by atoms with Crippen molar-refractivity contribution in [3.05, 3.63) is 0 Å². The normalized spacial score (nSPS) is 13.9. The smallest absolute Gasteiger partial charge is 0.462 e. The van der Waals surface area contributed by atoms with Crippen LogP contribution in [-0.2, 0) is 42.2 Å². The van der Waals surface area contributed by atoms with E-state index in [0.717, 1.165) is 38.5 Å². The number of unbranched alkanes of at least 4 members (excludes halogenated alkanes) is 28. The molecule has 1 amide bonds. The van der Waals surface area contributed by atoms with Gasteiger partial charge in [0.05, 0.1) is 19.8 Å². The average molecular weight is 935 g/mol. The number of carbonyl (C=O) groups is 3. The lowest BCUT2D eigenvalue weighted by Gasteiger charge is -2.28. The van der Waals surface area contributed by atoms with Crippen molar-refractivity contribution < 1.29 is 47.1 Å². The fourth-order valence-corrected chi connectivity index (χ4v) is 7.80. The molecule has 0 saturated carbocycles. The topological polar surface area (TPSA) is 173 Å². The molecule has 0 radical (unpaired) electrons. The van der Waals surface area contributed by atoms with E-state index in [0.29, 0.717) is 12.8 Å². The van der Waals surface area contributed by atoms with Crippen molar-refractivity contribution in [3.63, 3.8) is 0 Å². The van der Waals surface area contributed by atoms with Crippen LogP contribution in [0.3, 0.4) is 0 Å². The SMILES string of the molecule is CC.CCCCCCCCCCCCCCCCCC(=O)OC[C@H](COP(=O)(O)OCCNC(=O)C(C)(N)OCC(C)(C)C)OC(=O)CCCCCCCCCCCCCCCCC. The highest BCUT2D eigenvalue weighted by Crippen LogP contribution is 2.43. The Morgan fingerprint density at radius 3 is 1.30 bits per heavy atom. The fraction of sp³-hybridized carbons (Fsp3) is 0.941. The van der Waals surface area contributed by atoms with Crippen molar-refractivity contribution >= 4 is 25.7 Å². The third kappa shape index (κ3) is 45.6. The minimum Gasteiger partial charge on any atom is -0.462 e. The zero-order valence-electron chi connectivity index (χ0n) is 42.9. The molecule has 0 aliphatic carbocycles. The van der Waals surface area contributed by atoms with E-state index < -0.39 is 44.1 Å². The van der Waals surface area contributed by atoms with Crippen molar-refractivity contribution in [1.82, 2.24) is 5.32 Å². The van der Waals surface area contributed by atoms with Crippen molar-refractivity contribution in [2.45, 2.75) is 273 Å². The number of phosphoric ester groups is 1. The number of amides is 1. The molecule has 0 aromatic heterocycles. The van der Waals surface area contributed by atoms with E-state index in [4.69, 9.17) is 29.0 Å². The zero-order chi connectivity index (χ0) is 48.2. The van der Waals surface area contributed by atoms with Crippen LogP contribution in [-0.4, -0.2) is 67.5 Å². The van der Waals surface area contributed by atoms with Gasteiger partial charge in [-0.1, -0.05) is 228 Å². The summed E-state index contributed by atoms with van der Waals surface area (Å²) in [4.78, 5) is 48.2. The van der Waals surface area contributed by atoms with Gasteiger partial charge < -0.3 is 24.4 Å². The Morgan fingerprint density at radius 2 is 0.922 bits per heavy atom. The Kier molecular flexibility index (Phi) is 44.3. The van der Waals surface area contributed by atoms with E-state index in [1.165, 1.54) is 148 Å². The van der Waals surface area contributed by atoms with Crippen molar-refractivity contribution in [2.75, 3.05) is 33.0 Å². The van der Waals surface area contributed by atoms with Crippen LogP contribution >= 0.6 is 7.82 Å². The van der Waals surface area contributed by atoms with Crippen LogP contribution in [0.5, 0.6) is 0 Å². The van der Waals surface area contributed by atoms with Crippen LogP contribution in [0.4, 0.5) is 0 Å². The summed E-state index contributed by atoms with van der Waals surface area (Å²) < 4.78 is 39.4. The summed E-state index contributed by atoms with van der Waals surface area (Å²) in [5, 5.41) is 2.53.